The molecule has 116 valence electrons. The first-order valence-corrected chi connectivity index (χ1v) is 7.80. The molecule has 0 aliphatic carbocycles. The summed E-state index contributed by atoms with van der Waals surface area (Å²) < 4.78 is 4.74. The Morgan fingerprint density at radius 1 is 1.23 bits per heavy atom. The van der Waals surface area contributed by atoms with E-state index in [0.29, 0.717) is 11.7 Å². The van der Waals surface area contributed by atoms with Crippen molar-refractivity contribution >= 4 is 5.97 Å². The van der Waals surface area contributed by atoms with E-state index in [4.69, 9.17) is 4.74 Å². The average molecular weight is 298 g/mol. The van der Waals surface area contributed by atoms with Crippen molar-refractivity contribution in [1.82, 2.24) is 9.88 Å². The molecular formula is C18H22N2O2. The lowest BCUT2D eigenvalue weighted by atomic mass is 10.0. The van der Waals surface area contributed by atoms with Crippen molar-refractivity contribution in [2.45, 2.75) is 25.8 Å². The Balaban J connectivity index is 1.84. The predicted molar refractivity (Wildman–Crippen MR) is 86.8 cm³/mol. The van der Waals surface area contributed by atoms with Crippen LogP contribution in [0.25, 0.3) is 11.1 Å². The van der Waals surface area contributed by atoms with E-state index in [1.54, 1.807) is 0 Å². The highest BCUT2D eigenvalue weighted by Crippen LogP contribution is 2.28. The number of nitrogens with zero attached hydrogens (tertiary/aromatic N) is 1. The van der Waals surface area contributed by atoms with Gasteiger partial charge in [-0.15, -0.1) is 0 Å². The molecule has 1 aliphatic rings. The second-order valence-corrected chi connectivity index (χ2v) is 5.84. The van der Waals surface area contributed by atoms with Crippen LogP contribution in [0.3, 0.4) is 0 Å². The highest BCUT2D eigenvalue weighted by molar-refractivity contribution is 5.89. The number of likely N-dealkylation sites (tertiary alicyclic amines) is 1. The molecule has 3 rings (SSSR count). The van der Waals surface area contributed by atoms with Gasteiger partial charge in [-0.05, 0) is 56.1 Å². The third-order valence-corrected chi connectivity index (χ3v) is 4.48. The SMILES string of the molecule is COC(=O)c1cc(-c2cccc([C@H](C)N3CCCC3)c2)c[nH]1. The van der Waals surface area contributed by atoms with E-state index in [-0.39, 0.29) is 5.97 Å². The Kier molecular flexibility index (Phi) is 4.29. The summed E-state index contributed by atoms with van der Waals surface area (Å²) in [6.45, 7) is 4.63. The van der Waals surface area contributed by atoms with Crippen molar-refractivity contribution in [2.75, 3.05) is 20.2 Å². The number of carbonyl (C=O) groups is 1. The lowest BCUT2D eigenvalue weighted by Gasteiger charge is -2.24. The van der Waals surface area contributed by atoms with Crippen LogP contribution in [0.5, 0.6) is 0 Å². The molecule has 1 saturated heterocycles. The molecule has 1 aromatic carbocycles. The fourth-order valence-corrected chi connectivity index (χ4v) is 3.11. The average Bonchev–Trinajstić information content (AvgIpc) is 3.25. The summed E-state index contributed by atoms with van der Waals surface area (Å²) in [5.74, 6) is -0.340. The molecule has 1 N–H and O–H groups in total. The Labute approximate surface area is 131 Å². The molecule has 22 heavy (non-hydrogen) atoms. The quantitative estimate of drug-likeness (QED) is 0.877. The minimum atomic E-state index is -0.340. The largest absolute Gasteiger partial charge is 0.464 e. The van der Waals surface area contributed by atoms with Crippen LogP contribution in [0, 0.1) is 0 Å². The summed E-state index contributed by atoms with van der Waals surface area (Å²) in [5.41, 5.74) is 3.93. The molecule has 2 aromatic rings. The van der Waals surface area contributed by atoms with Crippen LogP contribution in [0.15, 0.2) is 36.5 Å². The fraction of sp³-hybridized carbons (Fsp3) is 0.389. The van der Waals surface area contributed by atoms with Crippen LogP contribution in [-0.2, 0) is 4.74 Å². The van der Waals surface area contributed by atoms with Crippen LogP contribution in [0.1, 0.15) is 41.9 Å². The molecular weight excluding hydrogens is 276 g/mol. The van der Waals surface area contributed by atoms with Crippen LogP contribution >= 0.6 is 0 Å². The number of hydrogen-bond acceptors (Lipinski definition) is 3. The molecule has 0 spiro atoms. The monoisotopic (exact) mass is 298 g/mol. The zero-order valence-corrected chi connectivity index (χ0v) is 13.1. The molecule has 1 aromatic heterocycles. The summed E-state index contributed by atoms with van der Waals surface area (Å²) in [6.07, 6.45) is 4.44. The van der Waals surface area contributed by atoms with Crippen molar-refractivity contribution in [3.8, 4) is 11.1 Å². The normalized spacial score (nSPS) is 16.6. The van der Waals surface area contributed by atoms with Crippen molar-refractivity contribution < 1.29 is 9.53 Å². The van der Waals surface area contributed by atoms with Gasteiger partial charge in [-0.3, -0.25) is 4.90 Å². The number of methoxy groups -OCH3 is 1. The van der Waals surface area contributed by atoms with E-state index in [0.717, 1.165) is 11.1 Å². The Bertz CT molecular complexity index is 657. The maximum Gasteiger partial charge on any atom is 0.354 e. The van der Waals surface area contributed by atoms with Gasteiger partial charge in [0.1, 0.15) is 5.69 Å². The van der Waals surface area contributed by atoms with Gasteiger partial charge >= 0.3 is 5.97 Å². The summed E-state index contributed by atoms with van der Waals surface area (Å²) >= 11 is 0. The summed E-state index contributed by atoms with van der Waals surface area (Å²) in [4.78, 5) is 17.0. The first kappa shape index (κ1) is 14.9. The molecule has 1 fully saturated rings. The van der Waals surface area contributed by atoms with Crippen molar-refractivity contribution in [2.24, 2.45) is 0 Å². The molecule has 1 atom stereocenters. The number of hydrogen-bond donors (Lipinski definition) is 1. The lowest BCUT2D eigenvalue weighted by molar-refractivity contribution is 0.0595. The van der Waals surface area contributed by atoms with E-state index < -0.39 is 0 Å². The van der Waals surface area contributed by atoms with Crippen LogP contribution in [0.2, 0.25) is 0 Å². The number of aromatic amines is 1. The number of ether oxygens (including phenoxy) is 1. The standard InChI is InChI=1S/C18H22N2O2/c1-13(20-8-3-4-9-20)14-6-5-7-15(10-14)16-11-17(19-12-16)18(21)22-2/h5-7,10-13,19H,3-4,8-9H2,1-2H3/t13-/m0/s1. The minimum absolute atomic E-state index is 0.340. The molecule has 0 saturated carbocycles. The molecule has 4 nitrogen and oxygen atoms in total. The molecule has 2 heterocycles. The van der Waals surface area contributed by atoms with Gasteiger partial charge in [0.2, 0.25) is 0 Å². The summed E-state index contributed by atoms with van der Waals surface area (Å²) in [7, 11) is 1.39. The third kappa shape index (κ3) is 2.92. The van der Waals surface area contributed by atoms with Gasteiger partial charge in [0.25, 0.3) is 0 Å². The smallest absolute Gasteiger partial charge is 0.354 e. The maximum absolute atomic E-state index is 11.5. The van der Waals surface area contributed by atoms with Gasteiger partial charge in [0.05, 0.1) is 7.11 Å². The molecule has 1 aliphatic heterocycles. The first-order chi connectivity index (χ1) is 10.7. The van der Waals surface area contributed by atoms with E-state index in [9.17, 15) is 4.79 Å². The van der Waals surface area contributed by atoms with Gasteiger partial charge in [0, 0.05) is 17.8 Å². The number of esters is 1. The number of carbonyl (C=O) groups excluding carboxylic acids is 1. The third-order valence-electron chi connectivity index (χ3n) is 4.48. The fourth-order valence-electron chi connectivity index (χ4n) is 3.11. The van der Waals surface area contributed by atoms with Gasteiger partial charge in [0.15, 0.2) is 0 Å². The summed E-state index contributed by atoms with van der Waals surface area (Å²) in [6, 6.07) is 10.8. The van der Waals surface area contributed by atoms with E-state index in [1.165, 1.54) is 38.6 Å². The van der Waals surface area contributed by atoms with Crippen LogP contribution < -0.4 is 0 Å². The number of rotatable bonds is 4. The zero-order chi connectivity index (χ0) is 15.5. The van der Waals surface area contributed by atoms with Gasteiger partial charge in [-0.25, -0.2) is 4.79 Å². The Morgan fingerprint density at radius 2 is 2.00 bits per heavy atom. The Hall–Kier alpha value is -2.07. The number of H-pyrrole nitrogens is 1. The summed E-state index contributed by atoms with van der Waals surface area (Å²) in [5, 5.41) is 0. The predicted octanol–water partition coefficient (Wildman–Crippen LogP) is 3.63. The minimum Gasteiger partial charge on any atom is -0.464 e. The van der Waals surface area contributed by atoms with Crippen LogP contribution in [-0.4, -0.2) is 36.1 Å². The number of aromatic nitrogens is 1. The van der Waals surface area contributed by atoms with E-state index >= 15 is 0 Å². The van der Waals surface area contributed by atoms with Gasteiger partial charge in [-0.2, -0.15) is 0 Å². The Morgan fingerprint density at radius 3 is 2.73 bits per heavy atom. The molecule has 0 bridgehead atoms. The topological polar surface area (TPSA) is 45.3 Å². The molecule has 0 unspecified atom stereocenters. The number of nitrogens with one attached hydrogen (secondary N) is 1. The lowest BCUT2D eigenvalue weighted by Crippen LogP contribution is -2.23. The first-order valence-electron chi connectivity index (χ1n) is 7.80. The maximum atomic E-state index is 11.5. The second-order valence-electron chi connectivity index (χ2n) is 5.84. The van der Waals surface area contributed by atoms with Crippen molar-refractivity contribution in [3.05, 3.63) is 47.8 Å². The molecule has 0 radical (unpaired) electrons. The van der Waals surface area contributed by atoms with Gasteiger partial charge < -0.3 is 9.72 Å². The zero-order valence-electron chi connectivity index (χ0n) is 13.1. The number of benzene rings is 1. The molecule has 0 amide bonds. The second kappa shape index (κ2) is 6.36. The van der Waals surface area contributed by atoms with Gasteiger partial charge in [-0.1, -0.05) is 18.2 Å². The van der Waals surface area contributed by atoms with Crippen molar-refractivity contribution in [3.63, 3.8) is 0 Å². The van der Waals surface area contributed by atoms with Crippen LogP contribution in [0.4, 0.5) is 0 Å². The van der Waals surface area contributed by atoms with E-state index in [2.05, 4.69) is 41.1 Å². The molecule has 4 heteroatoms. The van der Waals surface area contributed by atoms with E-state index in [1.807, 2.05) is 12.3 Å². The van der Waals surface area contributed by atoms with Crippen molar-refractivity contribution in [1.29, 1.82) is 0 Å². The highest BCUT2D eigenvalue weighted by atomic mass is 16.5. The highest BCUT2D eigenvalue weighted by Gasteiger charge is 2.19.